The maximum Gasteiger partial charge on any atom is 0.310 e. The molecule has 0 atom stereocenters. The van der Waals surface area contributed by atoms with Gasteiger partial charge in [0.1, 0.15) is 0 Å². The first kappa shape index (κ1) is 18.0. The molecule has 1 amide bonds. The van der Waals surface area contributed by atoms with Crippen molar-refractivity contribution >= 4 is 11.9 Å². The predicted molar refractivity (Wildman–Crippen MR) is 83.2 cm³/mol. The number of carboxylic acids is 1. The van der Waals surface area contributed by atoms with Crippen molar-refractivity contribution in [3.63, 3.8) is 0 Å². The number of likely N-dealkylation sites (tertiary alicyclic amines) is 1. The molecular formula is C16H30N2O3. The van der Waals surface area contributed by atoms with E-state index in [4.69, 9.17) is 0 Å². The molecule has 1 saturated heterocycles. The first-order chi connectivity index (χ1) is 10.0. The molecule has 2 N–H and O–H groups in total. The lowest BCUT2D eigenvalue weighted by molar-refractivity contribution is -0.152. The molecule has 1 rings (SSSR count). The maximum atomic E-state index is 11.9. The fourth-order valence-corrected chi connectivity index (χ4v) is 2.96. The molecule has 0 aromatic heterocycles. The van der Waals surface area contributed by atoms with Gasteiger partial charge in [-0.2, -0.15) is 0 Å². The molecule has 5 heteroatoms. The van der Waals surface area contributed by atoms with Gasteiger partial charge in [-0.1, -0.05) is 20.3 Å². The summed E-state index contributed by atoms with van der Waals surface area (Å²) in [5.74, 6) is -1.00. The molecule has 21 heavy (non-hydrogen) atoms. The lowest BCUT2D eigenvalue weighted by atomic mass is 9.79. The third-order valence-electron chi connectivity index (χ3n) is 4.73. The molecule has 0 aliphatic carbocycles. The fourth-order valence-electron chi connectivity index (χ4n) is 2.96. The number of carbonyl (C=O) groups is 2. The molecule has 1 aliphatic heterocycles. The Hall–Kier alpha value is -1.10. The van der Waals surface area contributed by atoms with Crippen LogP contribution >= 0.6 is 0 Å². The number of piperidine rings is 1. The molecule has 1 aliphatic rings. The Kier molecular flexibility index (Phi) is 7.72. The number of hydrogen-bond acceptors (Lipinski definition) is 3. The first-order valence-corrected chi connectivity index (χ1v) is 8.26. The molecule has 122 valence electrons. The minimum absolute atomic E-state index is 0.0824. The second-order valence-electron chi connectivity index (χ2n) is 6.08. The highest BCUT2D eigenvalue weighted by Crippen LogP contribution is 2.30. The van der Waals surface area contributed by atoms with Gasteiger partial charge in [0.05, 0.1) is 5.41 Å². The van der Waals surface area contributed by atoms with Crippen molar-refractivity contribution in [2.75, 3.05) is 26.2 Å². The Morgan fingerprint density at radius 3 is 2.29 bits per heavy atom. The lowest BCUT2D eigenvalue weighted by Gasteiger charge is -2.27. The molecular weight excluding hydrogens is 268 g/mol. The van der Waals surface area contributed by atoms with Crippen LogP contribution in [0.15, 0.2) is 0 Å². The predicted octanol–water partition coefficient (Wildman–Crippen LogP) is 2.26. The van der Waals surface area contributed by atoms with Crippen LogP contribution in [0.4, 0.5) is 0 Å². The lowest BCUT2D eigenvalue weighted by Crippen LogP contribution is -2.38. The number of nitrogens with one attached hydrogen (secondary N) is 1. The summed E-state index contributed by atoms with van der Waals surface area (Å²) in [5.41, 5.74) is -0.906. The molecule has 0 aromatic carbocycles. The molecule has 0 radical (unpaired) electrons. The average Bonchev–Trinajstić information content (AvgIpc) is 2.50. The van der Waals surface area contributed by atoms with Crippen LogP contribution in [0.25, 0.3) is 0 Å². The Morgan fingerprint density at radius 1 is 1.14 bits per heavy atom. The van der Waals surface area contributed by atoms with E-state index in [2.05, 4.69) is 10.2 Å². The van der Waals surface area contributed by atoms with Crippen molar-refractivity contribution in [2.24, 2.45) is 5.41 Å². The van der Waals surface area contributed by atoms with E-state index in [9.17, 15) is 14.7 Å². The van der Waals surface area contributed by atoms with E-state index in [0.29, 0.717) is 19.4 Å². The third kappa shape index (κ3) is 5.65. The molecule has 0 unspecified atom stereocenters. The van der Waals surface area contributed by atoms with Gasteiger partial charge < -0.3 is 15.3 Å². The van der Waals surface area contributed by atoms with Crippen molar-refractivity contribution in [1.82, 2.24) is 10.2 Å². The second kappa shape index (κ2) is 9.03. The van der Waals surface area contributed by atoms with Crippen molar-refractivity contribution < 1.29 is 14.7 Å². The number of carboxylic acid groups (broad SMARTS) is 1. The summed E-state index contributed by atoms with van der Waals surface area (Å²) in [6, 6.07) is 0. The van der Waals surface area contributed by atoms with Gasteiger partial charge >= 0.3 is 5.97 Å². The van der Waals surface area contributed by atoms with Gasteiger partial charge in [-0.25, -0.2) is 0 Å². The van der Waals surface area contributed by atoms with Crippen molar-refractivity contribution in [3.05, 3.63) is 0 Å². The molecule has 5 nitrogen and oxygen atoms in total. The minimum Gasteiger partial charge on any atom is -0.481 e. The summed E-state index contributed by atoms with van der Waals surface area (Å²) < 4.78 is 0. The van der Waals surface area contributed by atoms with Crippen molar-refractivity contribution in [2.45, 2.75) is 58.8 Å². The van der Waals surface area contributed by atoms with E-state index in [1.165, 1.54) is 32.4 Å². The smallest absolute Gasteiger partial charge is 0.310 e. The van der Waals surface area contributed by atoms with E-state index in [-0.39, 0.29) is 12.3 Å². The van der Waals surface area contributed by atoms with Crippen molar-refractivity contribution in [3.8, 4) is 0 Å². The highest BCUT2D eigenvalue weighted by atomic mass is 16.4. The third-order valence-corrected chi connectivity index (χ3v) is 4.73. The van der Waals surface area contributed by atoms with Crippen molar-refractivity contribution in [1.29, 1.82) is 0 Å². The highest BCUT2D eigenvalue weighted by molar-refractivity contribution is 5.84. The van der Waals surface area contributed by atoms with Gasteiger partial charge in [-0.3, -0.25) is 9.59 Å². The van der Waals surface area contributed by atoms with Crippen LogP contribution in [-0.2, 0) is 9.59 Å². The number of rotatable bonds is 9. The molecule has 0 spiro atoms. The first-order valence-electron chi connectivity index (χ1n) is 8.26. The zero-order chi connectivity index (χ0) is 15.7. The molecule has 1 heterocycles. The van der Waals surface area contributed by atoms with Gasteiger partial charge in [-0.05, 0) is 51.7 Å². The summed E-state index contributed by atoms with van der Waals surface area (Å²) in [5, 5.41) is 12.2. The van der Waals surface area contributed by atoms with Crippen LogP contribution in [0.3, 0.4) is 0 Å². The standard InChI is InChI=1S/C16H30N2O3/c1-3-16(4-2,15(20)21)13-14(19)17-9-8-12-18-10-6-5-7-11-18/h3-13H2,1-2H3,(H,17,19)(H,20,21). The van der Waals surface area contributed by atoms with E-state index in [1.807, 2.05) is 13.8 Å². The number of amides is 1. The van der Waals surface area contributed by atoms with Gasteiger partial charge in [0, 0.05) is 13.0 Å². The SMILES string of the molecule is CCC(CC)(CC(=O)NCCCN1CCCCC1)C(=O)O. The van der Waals surface area contributed by atoms with E-state index < -0.39 is 11.4 Å². The number of aliphatic carboxylic acids is 1. The van der Waals surface area contributed by atoms with Crippen LogP contribution in [-0.4, -0.2) is 48.1 Å². The van der Waals surface area contributed by atoms with Crippen LogP contribution in [0.5, 0.6) is 0 Å². The average molecular weight is 298 g/mol. The Morgan fingerprint density at radius 2 is 1.76 bits per heavy atom. The van der Waals surface area contributed by atoms with Crippen LogP contribution < -0.4 is 5.32 Å². The second-order valence-corrected chi connectivity index (χ2v) is 6.08. The largest absolute Gasteiger partial charge is 0.481 e. The van der Waals surface area contributed by atoms with Crippen LogP contribution in [0.1, 0.15) is 58.8 Å². The number of nitrogens with zero attached hydrogens (tertiary/aromatic N) is 1. The Bertz CT molecular complexity index is 334. The fraction of sp³-hybridized carbons (Fsp3) is 0.875. The van der Waals surface area contributed by atoms with Gasteiger partial charge in [0.15, 0.2) is 0 Å². The van der Waals surface area contributed by atoms with Gasteiger partial charge in [0.2, 0.25) is 5.91 Å². The molecule has 0 saturated carbocycles. The zero-order valence-electron chi connectivity index (χ0n) is 13.5. The highest BCUT2D eigenvalue weighted by Gasteiger charge is 2.36. The summed E-state index contributed by atoms with van der Waals surface area (Å²) >= 11 is 0. The maximum absolute atomic E-state index is 11.9. The number of hydrogen-bond donors (Lipinski definition) is 2. The van der Waals surface area contributed by atoms with Crippen LogP contribution in [0.2, 0.25) is 0 Å². The molecule has 1 fully saturated rings. The Balaban J connectivity index is 2.25. The molecule has 0 bridgehead atoms. The monoisotopic (exact) mass is 298 g/mol. The van der Waals surface area contributed by atoms with Gasteiger partial charge in [-0.15, -0.1) is 0 Å². The van der Waals surface area contributed by atoms with E-state index in [1.54, 1.807) is 0 Å². The zero-order valence-corrected chi connectivity index (χ0v) is 13.5. The summed E-state index contributed by atoms with van der Waals surface area (Å²) in [4.78, 5) is 25.8. The summed E-state index contributed by atoms with van der Waals surface area (Å²) in [6.45, 7) is 7.66. The normalized spacial score (nSPS) is 16.7. The summed E-state index contributed by atoms with van der Waals surface area (Å²) in [7, 11) is 0. The summed E-state index contributed by atoms with van der Waals surface area (Å²) in [6.07, 6.45) is 5.88. The van der Waals surface area contributed by atoms with E-state index >= 15 is 0 Å². The number of carbonyl (C=O) groups excluding carboxylic acids is 1. The molecule has 0 aromatic rings. The minimum atomic E-state index is -0.906. The Labute approximate surface area is 128 Å². The quantitative estimate of drug-likeness (QED) is 0.641. The van der Waals surface area contributed by atoms with E-state index in [0.717, 1.165) is 13.0 Å². The topological polar surface area (TPSA) is 69.6 Å². The van der Waals surface area contributed by atoms with Crippen LogP contribution in [0, 0.1) is 5.41 Å². The van der Waals surface area contributed by atoms with Gasteiger partial charge in [0.25, 0.3) is 0 Å².